The number of hydrogen-bond donors (Lipinski definition) is 1. The van der Waals surface area contributed by atoms with Crippen LogP contribution in [0.5, 0.6) is 0 Å². The lowest BCUT2D eigenvalue weighted by molar-refractivity contribution is -0.00228. The van der Waals surface area contributed by atoms with E-state index in [0.29, 0.717) is 5.41 Å². The number of nitrogens with zero attached hydrogens (tertiary/aromatic N) is 1. The molecular weight excluding hydrogens is 264 g/mol. The normalized spacial score (nSPS) is 18.3. The van der Waals surface area contributed by atoms with Crippen LogP contribution in [0, 0.1) is 12.3 Å². The van der Waals surface area contributed by atoms with E-state index in [1.807, 2.05) is 13.0 Å². The molecule has 0 bridgehead atoms. The van der Waals surface area contributed by atoms with Gasteiger partial charge in [0.15, 0.2) is 0 Å². The maximum atomic E-state index is 5.69. The van der Waals surface area contributed by atoms with Crippen LogP contribution in [0.1, 0.15) is 37.7 Å². The topological polar surface area (TPSA) is 37.6 Å². The van der Waals surface area contributed by atoms with E-state index in [1.54, 1.807) is 0 Å². The molecule has 1 aromatic rings. The van der Waals surface area contributed by atoms with Gasteiger partial charge in [0.1, 0.15) is 11.5 Å². The molecule has 0 aromatic carbocycles. The molecule has 0 atom stereocenters. The molecule has 0 radical (unpaired) electrons. The predicted molar refractivity (Wildman–Crippen MR) is 85.4 cm³/mol. The molecule has 120 valence electrons. The van der Waals surface area contributed by atoms with Crippen LogP contribution in [0.15, 0.2) is 16.5 Å². The Balaban J connectivity index is 1.90. The van der Waals surface area contributed by atoms with Crippen molar-refractivity contribution in [1.82, 2.24) is 10.2 Å². The summed E-state index contributed by atoms with van der Waals surface area (Å²) in [4.78, 5) is 2.39. The average Bonchev–Trinajstić information content (AvgIpc) is 2.85. The van der Waals surface area contributed by atoms with Crippen molar-refractivity contribution < 1.29 is 9.15 Å². The largest absolute Gasteiger partial charge is 0.465 e. The van der Waals surface area contributed by atoms with Crippen LogP contribution in [0.3, 0.4) is 0 Å². The highest BCUT2D eigenvalue weighted by atomic mass is 16.5. The molecule has 0 unspecified atom stereocenters. The zero-order valence-corrected chi connectivity index (χ0v) is 13.8. The van der Waals surface area contributed by atoms with Gasteiger partial charge in [-0.15, -0.1) is 0 Å². The number of hydrogen-bond acceptors (Lipinski definition) is 4. The smallest absolute Gasteiger partial charge is 0.118 e. The van der Waals surface area contributed by atoms with E-state index < -0.39 is 0 Å². The second kappa shape index (κ2) is 7.97. The van der Waals surface area contributed by atoms with Crippen molar-refractivity contribution in [3.05, 3.63) is 23.7 Å². The lowest BCUT2D eigenvalue weighted by atomic mass is 9.79. The number of ether oxygens (including phenoxy) is 1. The molecule has 1 aromatic heterocycles. The van der Waals surface area contributed by atoms with Crippen molar-refractivity contribution in [3.63, 3.8) is 0 Å². The first-order chi connectivity index (χ1) is 10.1. The highest BCUT2D eigenvalue weighted by Crippen LogP contribution is 2.31. The van der Waals surface area contributed by atoms with E-state index >= 15 is 0 Å². The van der Waals surface area contributed by atoms with Gasteiger partial charge in [-0.2, -0.15) is 0 Å². The summed E-state index contributed by atoms with van der Waals surface area (Å²) < 4.78 is 11.3. The third-order valence-electron chi connectivity index (χ3n) is 4.31. The number of aryl methyl sites for hydroxylation is 1. The Labute approximate surface area is 128 Å². The standard InChI is InChI=1S/C17H30N2O2/c1-4-9-18-13-17(7-10-20-11-8-17)14-19(3)12-16-6-5-15(2)21-16/h5-6,18H,4,7-14H2,1-3H3. The second-order valence-electron chi connectivity index (χ2n) is 6.47. The molecule has 1 fully saturated rings. The molecular formula is C17H30N2O2. The van der Waals surface area contributed by atoms with E-state index in [0.717, 1.165) is 63.8 Å². The number of rotatable bonds is 8. The van der Waals surface area contributed by atoms with Crippen molar-refractivity contribution >= 4 is 0 Å². The van der Waals surface area contributed by atoms with Crippen molar-refractivity contribution in [2.45, 2.75) is 39.7 Å². The minimum Gasteiger partial charge on any atom is -0.465 e. The minimum atomic E-state index is 0.337. The Morgan fingerprint density at radius 2 is 2.05 bits per heavy atom. The van der Waals surface area contributed by atoms with E-state index in [9.17, 15) is 0 Å². The van der Waals surface area contributed by atoms with Crippen LogP contribution in [0.4, 0.5) is 0 Å². The molecule has 0 saturated carbocycles. The lowest BCUT2D eigenvalue weighted by Gasteiger charge is -2.40. The molecule has 0 spiro atoms. The summed E-state index contributed by atoms with van der Waals surface area (Å²) in [6.45, 7) is 10.2. The van der Waals surface area contributed by atoms with Crippen LogP contribution in [-0.4, -0.2) is 44.8 Å². The molecule has 2 heterocycles. The van der Waals surface area contributed by atoms with Crippen molar-refractivity contribution in [2.75, 3.05) is 39.9 Å². The highest BCUT2D eigenvalue weighted by Gasteiger charge is 2.33. The van der Waals surface area contributed by atoms with Gasteiger partial charge in [-0.05, 0) is 57.3 Å². The van der Waals surface area contributed by atoms with Gasteiger partial charge in [0.05, 0.1) is 6.54 Å². The Hall–Kier alpha value is -0.840. The van der Waals surface area contributed by atoms with Crippen LogP contribution in [0.25, 0.3) is 0 Å². The van der Waals surface area contributed by atoms with Gasteiger partial charge in [0.2, 0.25) is 0 Å². The quantitative estimate of drug-likeness (QED) is 0.748. The monoisotopic (exact) mass is 294 g/mol. The summed E-state index contributed by atoms with van der Waals surface area (Å²) in [6.07, 6.45) is 3.48. The first-order valence-corrected chi connectivity index (χ1v) is 8.16. The van der Waals surface area contributed by atoms with Crippen LogP contribution in [-0.2, 0) is 11.3 Å². The summed E-state index contributed by atoms with van der Waals surface area (Å²) >= 11 is 0. The summed E-state index contributed by atoms with van der Waals surface area (Å²) in [5, 5.41) is 3.61. The molecule has 21 heavy (non-hydrogen) atoms. The molecule has 1 saturated heterocycles. The second-order valence-corrected chi connectivity index (χ2v) is 6.47. The van der Waals surface area contributed by atoms with Gasteiger partial charge in [-0.3, -0.25) is 4.90 Å². The molecule has 2 rings (SSSR count). The molecule has 0 aliphatic carbocycles. The third kappa shape index (κ3) is 5.13. The number of furan rings is 1. The van der Waals surface area contributed by atoms with Crippen LogP contribution in [0.2, 0.25) is 0 Å². The number of nitrogens with one attached hydrogen (secondary N) is 1. The van der Waals surface area contributed by atoms with Gasteiger partial charge < -0.3 is 14.5 Å². The summed E-state index contributed by atoms with van der Waals surface area (Å²) in [7, 11) is 2.19. The molecule has 4 nitrogen and oxygen atoms in total. The Morgan fingerprint density at radius 3 is 2.67 bits per heavy atom. The summed E-state index contributed by atoms with van der Waals surface area (Å²) in [5.41, 5.74) is 0.337. The first-order valence-electron chi connectivity index (χ1n) is 8.16. The molecule has 1 N–H and O–H groups in total. The van der Waals surface area contributed by atoms with Crippen molar-refractivity contribution in [2.24, 2.45) is 5.41 Å². The zero-order valence-electron chi connectivity index (χ0n) is 13.8. The lowest BCUT2D eigenvalue weighted by Crippen LogP contribution is -2.46. The van der Waals surface area contributed by atoms with E-state index in [1.165, 1.54) is 6.42 Å². The molecule has 1 aliphatic heterocycles. The van der Waals surface area contributed by atoms with Gasteiger partial charge in [0, 0.05) is 26.3 Å². The maximum Gasteiger partial charge on any atom is 0.118 e. The van der Waals surface area contributed by atoms with Gasteiger partial charge in [-0.1, -0.05) is 6.92 Å². The van der Waals surface area contributed by atoms with Crippen molar-refractivity contribution in [3.8, 4) is 0 Å². The average molecular weight is 294 g/mol. The SMILES string of the molecule is CCCNCC1(CN(C)Cc2ccc(C)o2)CCOCC1. The molecule has 0 amide bonds. The fourth-order valence-electron chi connectivity index (χ4n) is 3.19. The summed E-state index contributed by atoms with van der Waals surface area (Å²) in [6, 6.07) is 4.12. The van der Waals surface area contributed by atoms with Gasteiger partial charge >= 0.3 is 0 Å². The fraction of sp³-hybridized carbons (Fsp3) is 0.765. The highest BCUT2D eigenvalue weighted by molar-refractivity contribution is 5.05. The van der Waals surface area contributed by atoms with E-state index in [-0.39, 0.29) is 0 Å². The Bertz CT molecular complexity index is 411. The van der Waals surface area contributed by atoms with Gasteiger partial charge in [0.25, 0.3) is 0 Å². The van der Waals surface area contributed by atoms with Crippen LogP contribution >= 0.6 is 0 Å². The third-order valence-corrected chi connectivity index (χ3v) is 4.31. The van der Waals surface area contributed by atoms with E-state index in [4.69, 9.17) is 9.15 Å². The fourth-order valence-corrected chi connectivity index (χ4v) is 3.19. The van der Waals surface area contributed by atoms with Gasteiger partial charge in [-0.25, -0.2) is 0 Å². The maximum absolute atomic E-state index is 5.69. The van der Waals surface area contributed by atoms with Crippen LogP contribution < -0.4 is 5.32 Å². The predicted octanol–water partition coefficient (Wildman–Crippen LogP) is 2.82. The molecule has 4 heteroatoms. The zero-order chi connectivity index (χ0) is 15.1. The first kappa shape index (κ1) is 16.5. The summed E-state index contributed by atoms with van der Waals surface area (Å²) in [5.74, 6) is 2.04. The minimum absolute atomic E-state index is 0.337. The Morgan fingerprint density at radius 1 is 1.29 bits per heavy atom. The molecule has 1 aliphatic rings. The van der Waals surface area contributed by atoms with E-state index in [2.05, 4.69) is 30.3 Å². The Kier molecular flexibility index (Phi) is 6.27. The van der Waals surface area contributed by atoms with Crippen molar-refractivity contribution in [1.29, 1.82) is 0 Å².